The van der Waals surface area contributed by atoms with Crippen LogP contribution in [0.2, 0.25) is 0 Å². The average molecular weight is 430 g/mol. The number of nitrogens with zero attached hydrogens (tertiary/aromatic N) is 1. The molecule has 4 aliphatic rings. The second-order valence-corrected chi connectivity index (χ2v) is 11.3. The van der Waals surface area contributed by atoms with Crippen LogP contribution in [0.15, 0.2) is 0 Å². The van der Waals surface area contributed by atoms with Crippen LogP contribution in [0.5, 0.6) is 0 Å². The molecule has 31 heavy (non-hydrogen) atoms. The molecule has 5 nitrogen and oxygen atoms in total. The van der Waals surface area contributed by atoms with Crippen molar-refractivity contribution in [2.75, 3.05) is 0 Å². The zero-order valence-electron chi connectivity index (χ0n) is 19.9. The van der Waals surface area contributed by atoms with Gasteiger partial charge < -0.3 is 9.47 Å². The van der Waals surface area contributed by atoms with E-state index < -0.39 is 5.60 Å². The summed E-state index contributed by atoms with van der Waals surface area (Å²) >= 11 is 0. The van der Waals surface area contributed by atoms with Gasteiger partial charge in [0.25, 0.3) is 0 Å². The van der Waals surface area contributed by atoms with Gasteiger partial charge in [-0.15, -0.1) is 0 Å². The number of amides is 1. The van der Waals surface area contributed by atoms with Crippen molar-refractivity contribution in [2.45, 2.75) is 110 Å². The Kier molecular flexibility index (Phi) is 6.30. The highest BCUT2D eigenvalue weighted by atomic mass is 16.6. The minimum absolute atomic E-state index is 0.000823. The van der Waals surface area contributed by atoms with Crippen LogP contribution in [-0.2, 0) is 14.3 Å². The maximum Gasteiger partial charge on any atom is 0.411 e. The monoisotopic (exact) mass is 429 g/mol. The number of hydrogen-bond acceptors (Lipinski definition) is 4. The molecule has 2 heterocycles. The van der Waals surface area contributed by atoms with Gasteiger partial charge in [-0.1, -0.05) is 31.1 Å². The van der Waals surface area contributed by atoms with E-state index >= 15 is 0 Å². The fourth-order valence-corrected chi connectivity index (χ4v) is 6.59. The molecule has 2 saturated carbocycles. The molecule has 0 aromatic rings. The second kappa shape index (κ2) is 8.68. The van der Waals surface area contributed by atoms with Gasteiger partial charge in [-0.25, -0.2) is 4.79 Å². The van der Waals surface area contributed by atoms with Crippen LogP contribution in [0.3, 0.4) is 0 Å². The van der Waals surface area contributed by atoms with Crippen molar-refractivity contribution in [1.82, 2.24) is 4.90 Å². The number of fused-ring (bicyclic) bond motifs is 2. The van der Waals surface area contributed by atoms with E-state index in [0.29, 0.717) is 11.8 Å². The van der Waals surface area contributed by atoms with E-state index in [9.17, 15) is 9.59 Å². The molecule has 172 valence electrons. The van der Waals surface area contributed by atoms with E-state index in [4.69, 9.17) is 9.47 Å². The van der Waals surface area contributed by atoms with Gasteiger partial charge in [0.15, 0.2) is 0 Å². The van der Waals surface area contributed by atoms with Crippen molar-refractivity contribution in [2.24, 2.45) is 29.6 Å². The zero-order chi connectivity index (χ0) is 22.3. The molecule has 0 aromatic carbocycles. The molecule has 2 saturated heterocycles. The first kappa shape index (κ1) is 22.5. The molecular formula is C26H39NO4. The summed E-state index contributed by atoms with van der Waals surface area (Å²) in [5.41, 5.74) is -0.519. The number of cyclic esters (lactones) is 1. The highest BCUT2D eigenvalue weighted by Gasteiger charge is 2.54. The van der Waals surface area contributed by atoms with Gasteiger partial charge in [0.1, 0.15) is 11.7 Å². The lowest BCUT2D eigenvalue weighted by Gasteiger charge is -2.45. The molecule has 1 amide bonds. The Bertz CT molecular complexity index is 760. The van der Waals surface area contributed by atoms with Gasteiger partial charge in [0.05, 0.1) is 12.0 Å². The molecule has 8 atom stereocenters. The topological polar surface area (TPSA) is 55.8 Å². The first-order valence-electron chi connectivity index (χ1n) is 12.4. The minimum atomic E-state index is -0.519. The van der Waals surface area contributed by atoms with Gasteiger partial charge >= 0.3 is 12.1 Å². The molecule has 5 heteroatoms. The zero-order valence-corrected chi connectivity index (χ0v) is 19.9. The third-order valence-electron chi connectivity index (χ3n) is 7.94. The first-order chi connectivity index (χ1) is 14.7. The number of likely N-dealkylation sites (tertiary alicyclic amines) is 1. The third-order valence-corrected chi connectivity index (χ3v) is 7.94. The van der Waals surface area contributed by atoms with Crippen LogP contribution < -0.4 is 0 Å². The summed E-state index contributed by atoms with van der Waals surface area (Å²) in [6.07, 6.45) is 8.51. The molecule has 0 spiro atoms. The van der Waals surface area contributed by atoms with Crippen LogP contribution >= 0.6 is 0 Å². The number of rotatable bonds is 0. The van der Waals surface area contributed by atoms with Crippen LogP contribution in [0.1, 0.15) is 86.0 Å². The first-order valence-corrected chi connectivity index (χ1v) is 12.4. The standard InChI is InChI=1S/C26H39NO4/c1-16-9-8-11-19(27(16)25(29)31-26(3,4)5)13-14-21-20-12-7-6-10-18(20)15-22-23(21)17(2)30-24(22)28/h16-23H,6-12,15H2,1-5H3/t16-,17-,18+,19+,20+,21-,22+,23+/m0/s1. The van der Waals surface area contributed by atoms with E-state index in [1.54, 1.807) is 0 Å². The van der Waals surface area contributed by atoms with Crippen molar-refractivity contribution in [3.63, 3.8) is 0 Å². The maximum absolute atomic E-state index is 13.0. The Morgan fingerprint density at radius 3 is 2.55 bits per heavy atom. The minimum Gasteiger partial charge on any atom is -0.462 e. The molecule has 4 fully saturated rings. The van der Waals surface area contributed by atoms with Gasteiger partial charge in [-0.2, -0.15) is 0 Å². The lowest BCUT2D eigenvalue weighted by molar-refractivity contribution is -0.144. The Morgan fingerprint density at radius 1 is 1.06 bits per heavy atom. The van der Waals surface area contributed by atoms with Crippen molar-refractivity contribution >= 4 is 12.1 Å². The highest BCUT2D eigenvalue weighted by Crippen LogP contribution is 2.52. The average Bonchev–Trinajstić information content (AvgIpc) is 2.97. The Balaban J connectivity index is 1.60. The SMILES string of the molecule is C[C@@H]1OC(=O)[C@@H]2C[C@H]3CCCC[C@H]3[C@H](C#C[C@H]3CCC[C@H](C)N3C(=O)OC(C)(C)C)[C@@H]12. The van der Waals surface area contributed by atoms with E-state index in [0.717, 1.165) is 25.7 Å². The van der Waals surface area contributed by atoms with Gasteiger partial charge in [0.2, 0.25) is 0 Å². The lowest BCUT2D eigenvalue weighted by atomic mass is 9.57. The van der Waals surface area contributed by atoms with Crippen molar-refractivity contribution in [3.05, 3.63) is 0 Å². The predicted molar refractivity (Wildman–Crippen MR) is 119 cm³/mol. The number of ether oxygens (including phenoxy) is 2. The van der Waals surface area contributed by atoms with Crippen molar-refractivity contribution in [3.8, 4) is 11.8 Å². The molecule has 2 aliphatic carbocycles. The second-order valence-electron chi connectivity index (χ2n) is 11.3. The molecule has 4 rings (SSSR count). The van der Waals surface area contributed by atoms with Crippen molar-refractivity contribution in [1.29, 1.82) is 0 Å². The van der Waals surface area contributed by atoms with Crippen LogP contribution in [0.4, 0.5) is 4.79 Å². The number of carbonyl (C=O) groups excluding carboxylic acids is 2. The van der Waals surface area contributed by atoms with Crippen molar-refractivity contribution < 1.29 is 19.1 Å². The molecule has 0 unspecified atom stereocenters. The number of carbonyl (C=O) groups is 2. The summed E-state index contributed by atoms with van der Waals surface area (Å²) in [4.78, 5) is 27.3. The molecule has 2 aliphatic heterocycles. The van der Waals surface area contributed by atoms with E-state index in [2.05, 4.69) is 18.8 Å². The molecule has 0 bridgehead atoms. The molecular weight excluding hydrogens is 390 g/mol. The van der Waals surface area contributed by atoms with E-state index in [1.165, 1.54) is 25.7 Å². The van der Waals surface area contributed by atoms with E-state index in [-0.39, 0.29) is 48.0 Å². The summed E-state index contributed by atoms with van der Waals surface area (Å²) in [7, 11) is 0. The fraction of sp³-hybridized carbons (Fsp3) is 0.846. The van der Waals surface area contributed by atoms with Gasteiger partial charge in [-0.3, -0.25) is 9.69 Å². The molecule has 0 N–H and O–H groups in total. The van der Waals surface area contributed by atoms with Gasteiger partial charge in [-0.05, 0) is 78.6 Å². The molecule has 0 aromatic heterocycles. The van der Waals surface area contributed by atoms with Gasteiger partial charge in [0, 0.05) is 17.9 Å². The Labute approximate surface area is 187 Å². The fourth-order valence-electron chi connectivity index (χ4n) is 6.59. The summed E-state index contributed by atoms with van der Waals surface area (Å²) in [6.45, 7) is 9.85. The highest BCUT2D eigenvalue weighted by molar-refractivity contribution is 5.75. The summed E-state index contributed by atoms with van der Waals surface area (Å²) < 4.78 is 11.4. The molecule has 0 radical (unpaired) electrons. The van der Waals surface area contributed by atoms with E-state index in [1.807, 2.05) is 32.6 Å². The number of esters is 1. The third kappa shape index (κ3) is 4.59. The van der Waals surface area contributed by atoms with Crippen LogP contribution in [-0.4, -0.2) is 40.8 Å². The largest absolute Gasteiger partial charge is 0.462 e. The smallest absolute Gasteiger partial charge is 0.411 e. The maximum atomic E-state index is 13.0. The summed E-state index contributed by atoms with van der Waals surface area (Å²) in [6, 6.07) is 0.00842. The quantitative estimate of drug-likeness (QED) is 0.394. The number of piperidine rings is 1. The summed E-state index contributed by atoms with van der Waals surface area (Å²) in [5.74, 6) is 8.67. The Hall–Kier alpha value is -1.70. The van der Waals surface area contributed by atoms with Crippen LogP contribution in [0, 0.1) is 41.4 Å². The number of hydrogen-bond donors (Lipinski definition) is 0. The summed E-state index contributed by atoms with van der Waals surface area (Å²) in [5, 5.41) is 0. The Morgan fingerprint density at radius 2 is 1.81 bits per heavy atom. The predicted octanol–water partition coefficient (Wildman–Crippen LogP) is 5.17. The normalized spacial score (nSPS) is 40.2. The van der Waals surface area contributed by atoms with Crippen LogP contribution in [0.25, 0.3) is 0 Å². The lowest BCUT2D eigenvalue weighted by Crippen LogP contribution is -2.50.